The third-order valence-corrected chi connectivity index (χ3v) is 6.19. The minimum Gasteiger partial charge on any atom is -0.488 e. The largest absolute Gasteiger partial charge is 0.488 e. The highest BCUT2D eigenvalue weighted by Gasteiger charge is 2.34. The first-order valence-electron chi connectivity index (χ1n) is 10.7. The first-order chi connectivity index (χ1) is 15.6. The lowest BCUT2D eigenvalue weighted by Crippen LogP contribution is -2.29. The summed E-state index contributed by atoms with van der Waals surface area (Å²) in [4.78, 5) is 27.1. The van der Waals surface area contributed by atoms with Gasteiger partial charge >= 0.3 is 0 Å². The highest BCUT2D eigenvalue weighted by Crippen LogP contribution is 2.34. The molecule has 0 bridgehead atoms. The normalized spacial score (nSPS) is 14.9. The van der Waals surface area contributed by atoms with Crippen molar-refractivity contribution >= 4 is 29.0 Å². The first-order valence-corrected chi connectivity index (χ1v) is 11.5. The molecule has 1 aliphatic heterocycles. The van der Waals surface area contributed by atoms with E-state index in [2.05, 4.69) is 31.2 Å². The summed E-state index contributed by atoms with van der Waals surface area (Å²) in [5.74, 6) is 0.449. The summed E-state index contributed by atoms with van der Waals surface area (Å²) in [6.07, 6.45) is 3.33. The van der Waals surface area contributed by atoms with E-state index in [1.807, 2.05) is 54.6 Å². The van der Waals surface area contributed by atoms with Crippen molar-refractivity contribution < 1.29 is 14.3 Å². The Balaban J connectivity index is 1.41. The topological polar surface area (TPSA) is 46.6 Å². The molecule has 32 heavy (non-hydrogen) atoms. The number of thioether (sulfide) groups is 1. The fourth-order valence-corrected chi connectivity index (χ4v) is 4.35. The molecule has 1 saturated heterocycles. The number of imide groups is 1. The maximum Gasteiger partial charge on any atom is 0.293 e. The Kier molecular flexibility index (Phi) is 7.07. The number of ether oxygens (including phenoxy) is 1. The lowest BCUT2D eigenvalue weighted by atomic mass is 10.1. The summed E-state index contributed by atoms with van der Waals surface area (Å²) >= 11 is 0.991. The monoisotopic (exact) mass is 443 g/mol. The predicted octanol–water partition coefficient (Wildman–Crippen LogP) is 6.24. The summed E-state index contributed by atoms with van der Waals surface area (Å²) in [5.41, 5.74) is 4.27. The predicted molar refractivity (Wildman–Crippen MR) is 129 cm³/mol. The molecule has 162 valence electrons. The molecule has 0 spiro atoms. The van der Waals surface area contributed by atoms with Crippen LogP contribution in [-0.2, 0) is 17.8 Å². The number of benzene rings is 3. The number of carbonyl (C=O) groups excluding carboxylic acids is 2. The van der Waals surface area contributed by atoms with E-state index in [0.29, 0.717) is 23.8 Å². The van der Waals surface area contributed by atoms with E-state index in [4.69, 9.17) is 4.74 Å². The molecule has 0 aliphatic carbocycles. The summed E-state index contributed by atoms with van der Waals surface area (Å²) in [6.45, 7) is 2.91. The van der Waals surface area contributed by atoms with Crippen molar-refractivity contribution in [2.24, 2.45) is 0 Å². The Morgan fingerprint density at radius 3 is 2.38 bits per heavy atom. The second-order valence-corrected chi connectivity index (χ2v) is 8.73. The van der Waals surface area contributed by atoms with Crippen molar-refractivity contribution in [2.75, 3.05) is 6.54 Å². The quantitative estimate of drug-likeness (QED) is 0.387. The van der Waals surface area contributed by atoms with Crippen LogP contribution in [0.1, 0.15) is 28.7 Å². The summed E-state index contributed by atoms with van der Waals surface area (Å²) < 4.78 is 6.01. The smallest absolute Gasteiger partial charge is 0.293 e. The van der Waals surface area contributed by atoms with Gasteiger partial charge in [0.2, 0.25) is 0 Å². The maximum atomic E-state index is 12.9. The second kappa shape index (κ2) is 10.3. The fourth-order valence-electron chi connectivity index (χ4n) is 3.50. The van der Waals surface area contributed by atoms with Gasteiger partial charge in [-0.1, -0.05) is 78.4 Å². The van der Waals surface area contributed by atoms with Crippen molar-refractivity contribution in [3.8, 4) is 5.75 Å². The van der Waals surface area contributed by atoms with E-state index in [1.54, 1.807) is 6.08 Å². The van der Waals surface area contributed by atoms with E-state index in [1.165, 1.54) is 16.0 Å². The molecule has 0 atom stereocenters. The molecule has 0 N–H and O–H groups in total. The van der Waals surface area contributed by atoms with Gasteiger partial charge < -0.3 is 4.74 Å². The zero-order valence-electron chi connectivity index (χ0n) is 18.0. The van der Waals surface area contributed by atoms with Crippen LogP contribution in [0.25, 0.3) is 6.08 Å². The van der Waals surface area contributed by atoms with Crippen LogP contribution >= 0.6 is 11.8 Å². The Morgan fingerprint density at radius 1 is 0.875 bits per heavy atom. The molecular formula is C27H25NO3S. The van der Waals surface area contributed by atoms with Crippen molar-refractivity contribution in [3.63, 3.8) is 0 Å². The average Bonchev–Trinajstić information content (AvgIpc) is 3.07. The van der Waals surface area contributed by atoms with Crippen LogP contribution in [0, 0.1) is 6.92 Å². The van der Waals surface area contributed by atoms with Gasteiger partial charge in [-0.3, -0.25) is 14.5 Å². The van der Waals surface area contributed by atoms with Crippen LogP contribution < -0.4 is 4.74 Å². The summed E-state index contributed by atoms with van der Waals surface area (Å²) in [7, 11) is 0. The van der Waals surface area contributed by atoms with Gasteiger partial charge in [-0.2, -0.15) is 0 Å². The Bertz CT molecular complexity index is 1120. The van der Waals surface area contributed by atoms with Gasteiger partial charge in [0.15, 0.2) is 0 Å². The number of aryl methyl sites for hydroxylation is 2. The SMILES string of the molecule is Cc1ccc(COc2ccccc2/C=C2/SC(=O)N(CCCc3ccccc3)C2=O)cc1. The van der Waals surface area contributed by atoms with Gasteiger partial charge in [0, 0.05) is 12.1 Å². The van der Waals surface area contributed by atoms with E-state index >= 15 is 0 Å². The number of hydrogen-bond donors (Lipinski definition) is 0. The molecule has 5 heteroatoms. The molecule has 4 nitrogen and oxygen atoms in total. The minimum absolute atomic E-state index is 0.215. The second-order valence-electron chi connectivity index (χ2n) is 7.73. The maximum absolute atomic E-state index is 12.9. The minimum atomic E-state index is -0.235. The fraction of sp³-hybridized carbons (Fsp3) is 0.185. The molecule has 0 unspecified atom stereocenters. The number of hydrogen-bond acceptors (Lipinski definition) is 4. The van der Waals surface area contributed by atoms with Gasteiger partial charge in [-0.15, -0.1) is 0 Å². The van der Waals surface area contributed by atoms with Gasteiger partial charge in [0.1, 0.15) is 12.4 Å². The number of nitrogens with zero attached hydrogens (tertiary/aromatic N) is 1. The third-order valence-electron chi connectivity index (χ3n) is 5.28. The number of carbonyl (C=O) groups is 2. The number of para-hydroxylation sites is 1. The molecule has 1 heterocycles. The molecule has 0 saturated carbocycles. The average molecular weight is 444 g/mol. The van der Waals surface area contributed by atoms with E-state index in [9.17, 15) is 9.59 Å². The van der Waals surface area contributed by atoms with Crippen molar-refractivity contribution in [1.29, 1.82) is 0 Å². The zero-order valence-corrected chi connectivity index (χ0v) is 18.8. The van der Waals surface area contributed by atoms with Crippen molar-refractivity contribution in [1.82, 2.24) is 4.90 Å². The Morgan fingerprint density at radius 2 is 1.59 bits per heavy atom. The van der Waals surface area contributed by atoms with Gasteiger partial charge in [0.25, 0.3) is 11.1 Å². The van der Waals surface area contributed by atoms with Crippen LogP contribution in [0.15, 0.2) is 83.8 Å². The van der Waals surface area contributed by atoms with Crippen LogP contribution in [0.4, 0.5) is 4.79 Å². The van der Waals surface area contributed by atoms with Crippen molar-refractivity contribution in [2.45, 2.75) is 26.4 Å². The third kappa shape index (κ3) is 5.48. The van der Waals surface area contributed by atoms with Gasteiger partial charge in [-0.25, -0.2) is 0 Å². The molecule has 0 aromatic heterocycles. The van der Waals surface area contributed by atoms with Crippen LogP contribution in [-0.4, -0.2) is 22.6 Å². The lowest BCUT2D eigenvalue weighted by molar-refractivity contribution is -0.122. The zero-order chi connectivity index (χ0) is 22.3. The van der Waals surface area contributed by atoms with Gasteiger partial charge in [-0.05, 0) is 54.8 Å². The summed E-state index contributed by atoms with van der Waals surface area (Å²) in [5, 5.41) is -0.215. The number of amides is 2. The van der Waals surface area contributed by atoms with E-state index < -0.39 is 0 Å². The van der Waals surface area contributed by atoms with E-state index in [0.717, 1.165) is 35.7 Å². The summed E-state index contributed by atoms with van der Waals surface area (Å²) in [6, 6.07) is 25.8. The highest BCUT2D eigenvalue weighted by atomic mass is 32.2. The first kappa shape index (κ1) is 21.9. The van der Waals surface area contributed by atoms with Crippen LogP contribution in [0.3, 0.4) is 0 Å². The Hall–Kier alpha value is -3.31. The van der Waals surface area contributed by atoms with Crippen LogP contribution in [0.5, 0.6) is 5.75 Å². The van der Waals surface area contributed by atoms with Crippen molar-refractivity contribution in [3.05, 3.63) is 106 Å². The Labute approximate surface area is 192 Å². The molecule has 0 radical (unpaired) electrons. The number of rotatable bonds is 8. The highest BCUT2D eigenvalue weighted by molar-refractivity contribution is 8.18. The lowest BCUT2D eigenvalue weighted by Gasteiger charge is -2.12. The van der Waals surface area contributed by atoms with Crippen LogP contribution in [0.2, 0.25) is 0 Å². The molecule has 4 rings (SSSR count). The molecule has 3 aromatic carbocycles. The molecule has 3 aromatic rings. The molecule has 2 amide bonds. The molecule has 1 fully saturated rings. The van der Waals surface area contributed by atoms with E-state index in [-0.39, 0.29) is 11.1 Å². The standard InChI is InChI=1S/C27H25NO3S/c1-20-13-15-22(16-14-20)19-31-24-12-6-5-11-23(24)18-25-26(29)28(27(30)32-25)17-7-10-21-8-3-2-4-9-21/h2-6,8-9,11-16,18H,7,10,17,19H2,1H3/b25-18+. The van der Waals surface area contributed by atoms with Gasteiger partial charge in [0.05, 0.1) is 4.91 Å². The molecule has 1 aliphatic rings. The molecular weight excluding hydrogens is 418 g/mol.